The third kappa shape index (κ3) is 1.37. The number of aryl methyl sites for hydroxylation is 1. The highest BCUT2D eigenvalue weighted by Crippen LogP contribution is 2.26. The topological polar surface area (TPSA) is 48.1 Å². The van der Waals surface area contributed by atoms with Crippen LogP contribution in [0.25, 0.3) is 10.9 Å². The zero-order chi connectivity index (χ0) is 10.1. The number of nitrogens with zero attached hydrogens (tertiary/aromatic N) is 1. The highest BCUT2D eigenvalue weighted by Gasteiger charge is 2.03. The average molecular weight is 188 g/mol. The molecule has 0 spiro atoms. The summed E-state index contributed by atoms with van der Waals surface area (Å²) in [6.45, 7) is 2.04. The van der Waals surface area contributed by atoms with E-state index in [4.69, 9.17) is 10.5 Å². The summed E-state index contributed by atoms with van der Waals surface area (Å²) in [4.78, 5) is 4.22. The molecule has 72 valence electrons. The van der Waals surface area contributed by atoms with E-state index in [-0.39, 0.29) is 0 Å². The molecule has 1 aromatic heterocycles. The van der Waals surface area contributed by atoms with Crippen LogP contribution in [0.15, 0.2) is 24.3 Å². The molecule has 0 fully saturated rings. The van der Waals surface area contributed by atoms with Crippen molar-refractivity contribution in [2.75, 3.05) is 12.8 Å². The Bertz CT molecular complexity index is 480. The van der Waals surface area contributed by atoms with Crippen LogP contribution in [0.5, 0.6) is 5.75 Å². The maximum atomic E-state index is 5.65. The molecule has 0 unspecified atom stereocenters. The van der Waals surface area contributed by atoms with Gasteiger partial charge in [-0.2, -0.15) is 0 Å². The van der Waals surface area contributed by atoms with Crippen molar-refractivity contribution in [1.82, 2.24) is 4.98 Å². The number of pyridine rings is 1. The summed E-state index contributed by atoms with van der Waals surface area (Å²) in [5, 5.41) is 1.00. The Morgan fingerprint density at radius 3 is 2.79 bits per heavy atom. The van der Waals surface area contributed by atoms with Crippen LogP contribution >= 0.6 is 0 Å². The highest BCUT2D eigenvalue weighted by atomic mass is 16.5. The predicted octanol–water partition coefficient (Wildman–Crippen LogP) is 2.13. The standard InChI is InChI=1S/C11H12N2O/c1-7-3-4-9-8(5-7)10(14-2)6-11(12)13-9/h3-6H,1-2H3,(H2,12,13). The molecule has 0 radical (unpaired) electrons. The number of methoxy groups -OCH3 is 1. The number of nitrogens with two attached hydrogens (primary N) is 1. The molecular weight excluding hydrogens is 176 g/mol. The van der Waals surface area contributed by atoms with Crippen LogP contribution in [0, 0.1) is 6.92 Å². The van der Waals surface area contributed by atoms with Gasteiger partial charge in [-0.1, -0.05) is 11.6 Å². The predicted molar refractivity (Wildman–Crippen MR) is 57.4 cm³/mol. The summed E-state index contributed by atoms with van der Waals surface area (Å²) in [7, 11) is 1.64. The van der Waals surface area contributed by atoms with Crippen molar-refractivity contribution in [3.8, 4) is 5.75 Å². The fourth-order valence-corrected chi connectivity index (χ4v) is 1.50. The van der Waals surface area contributed by atoms with Gasteiger partial charge in [-0.3, -0.25) is 0 Å². The van der Waals surface area contributed by atoms with E-state index in [9.17, 15) is 0 Å². The van der Waals surface area contributed by atoms with Crippen molar-refractivity contribution in [1.29, 1.82) is 0 Å². The molecule has 0 aliphatic rings. The number of benzene rings is 1. The molecule has 0 amide bonds. The van der Waals surface area contributed by atoms with Crippen LogP contribution in [0.1, 0.15) is 5.56 Å². The molecule has 0 saturated heterocycles. The third-order valence-corrected chi connectivity index (χ3v) is 2.17. The van der Waals surface area contributed by atoms with Gasteiger partial charge in [0.15, 0.2) is 0 Å². The number of aromatic nitrogens is 1. The first kappa shape index (κ1) is 8.81. The SMILES string of the molecule is COc1cc(N)nc2ccc(C)cc12. The van der Waals surface area contributed by atoms with Crippen molar-refractivity contribution in [3.05, 3.63) is 29.8 Å². The van der Waals surface area contributed by atoms with Gasteiger partial charge in [-0.05, 0) is 19.1 Å². The molecule has 2 rings (SSSR count). The Morgan fingerprint density at radius 2 is 2.07 bits per heavy atom. The lowest BCUT2D eigenvalue weighted by Crippen LogP contribution is -1.94. The first-order chi connectivity index (χ1) is 6.70. The van der Waals surface area contributed by atoms with E-state index in [1.807, 2.05) is 25.1 Å². The Kier molecular flexibility index (Phi) is 2.00. The first-order valence-electron chi connectivity index (χ1n) is 4.41. The van der Waals surface area contributed by atoms with E-state index in [0.717, 1.165) is 16.7 Å². The molecule has 0 aliphatic heterocycles. The zero-order valence-corrected chi connectivity index (χ0v) is 8.24. The van der Waals surface area contributed by atoms with Gasteiger partial charge in [0.2, 0.25) is 0 Å². The van der Waals surface area contributed by atoms with Crippen molar-refractivity contribution >= 4 is 16.7 Å². The highest BCUT2D eigenvalue weighted by molar-refractivity contribution is 5.87. The number of rotatable bonds is 1. The molecule has 2 N–H and O–H groups in total. The van der Waals surface area contributed by atoms with Gasteiger partial charge in [0.05, 0.1) is 12.6 Å². The van der Waals surface area contributed by atoms with Gasteiger partial charge in [-0.25, -0.2) is 4.98 Å². The summed E-state index contributed by atoms with van der Waals surface area (Å²) >= 11 is 0. The van der Waals surface area contributed by atoms with Gasteiger partial charge in [0.25, 0.3) is 0 Å². The minimum absolute atomic E-state index is 0.484. The van der Waals surface area contributed by atoms with Crippen molar-refractivity contribution in [3.63, 3.8) is 0 Å². The minimum Gasteiger partial charge on any atom is -0.496 e. The second-order valence-electron chi connectivity index (χ2n) is 3.27. The third-order valence-electron chi connectivity index (χ3n) is 2.17. The molecule has 0 aliphatic carbocycles. The van der Waals surface area contributed by atoms with E-state index in [0.29, 0.717) is 5.82 Å². The molecule has 14 heavy (non-hydrogen) atoms. The Hall–Kier alpha value is -1.77. The molecule has 2 aromatic rings. The number of nitrogen functional groups attached to an aromatic ring is 1. The quantitative estimate of drug-likeness (QED) is 0.745. The largest absolute Gasteiger partial charge is 0.496 e. The summed E-state index contributed by atoms with van der Waals surface area (Å²) in [5.41, 5.74) is 7.70. The number of ether oxygens (including phenoxy) is 1. The van der Waals surface area contributed by atoms with E-state index in [1.54, 1.807) is 13.2 Å². The van der Waals surface area contributed by atoms with E-state index in [2.05, 4.69) is 4.98 Å². The van der Waals surface area contributed by atoms with Gasteiger partial charge in [0.1, 0.15) is 11.6 Å². The van der Waals surface area contributed by atoms with Crippen LogP contribution in [0.4, 0.5) is 5.82 Å². The zero-order valence-electron chi connectivity index (χ0n) is 8.24. The van der Waals surface area contributed by atoms with Gasteiger partial charge < -0.3 is 10.5 Å². The molecule has 1 aromatic carbocycles. The van der Waals surface area contributed by atoms with E-state index in [1.165, 1.54) is 5.56 Å². The Balaban J connectivity index is 2.81. The second-order valence-corrected chi connectivity index (χ2v) is 3.27. The maximum absolute atomic E-state index is 5.65. The van der Waals surface area contributed by atoms with Crippen molar-refractivity contribution in [2.45, 2.75) is 6.92 Å². The van der Waals surface area contributed by atoms with Crippen molar-refractivity contribution in [2.24, 2.45) is 0 Å². The molecule has 3 nitrogen and oxygen atoms in total. The summed E-state index contributed by atoms with van der Waals surface area (Å²) in [6, 6.07) is 7.74. The van der Waals surface area contributed by atoms with Crippen LogP contribution < -0.4 is 10.5 Å². The van der Waals surface area contributed by atoms with Gasteiger partial charge in [0, 0.05) is 11.5 Å². The van der Waals surface area contributed by atoms with E-state index >= 15 is 0 Å². The monoisotopic (exact) mass is 188 g/mol. The Labute approximate surface area is 82.5 Å². The second kappa shape index (κ2) is 3.18. The maximum Gasteiger partial charge on any atom is 0.131 e. The normalized spacial score (nSPS) is 10.4. The molecule has 1 heterocycles. The number of anilines is 1. The van der Waals surface area contributed by atoms with Crippen LogP contribution in [0.2, 0.25) is 0 Å². The summed E-state index contributed by atoms with van der Waals surface area (Å²) in [5.74, 6) is 1.26. The smallest absolute Gasteiger partial charge is 0.131 e. The number of fused-ring (bicyclic) bond motifs is 1. The van der Waals surface area contributed by atoms with Crippen LogP contribution in [0.3, 0.4) is 0 Å². The van der Waals surface area contributed by atoms with E-state index < -0.39 is 0 Å². The lowest BCUT2D eigenvalue weighted by Gasteiger charge is -2.06. The molecule has 3 heteroatoms. The minimum atomic E-state index is 0.484. The van der Waals surface area contributed by atoms with Gasteiger partial charge >= 0.3 is 0 Å². The fraction of sp³-hybridized carbons (Fsp3) is 0.182. The lowest BCUT2D eigenvalue weighted by molar-refractivity contribution is 0.419. The van der Waals surface area contributed by atoms with Gasteiger partial charge in [-0.15, -0.1) is 0 Å². The fourth-order valence-electron chi connectivity index (χ4n) is 1.50. The van der Waals surface area contributed by atoms with Crippen LogP contribution in [-0.4, -0.2) is 12.1 Å². The molecular formula is C11H12N2O. The summed E-state index contributed by atoms with van der Waals surface area (Å²) in [6.07, 6.45) is 0. The molecule has 0 atom stereocenters. The van der Waals surface area contributed by atoms with Crippen molar-refractivity contribution < 1.29 is 4.74 Å². The lowest BCUT2D eigenvalue weighted by atomic mass is 10.1. The average Bonchev–Trinajstić information content (AvgIpc) is 2.17. The first-order valence-corrected chi connectivity index (χ1v) is 4.41. The molecule has 0 saturated carbocycles. The summed E-state index contributed by atoms with van der Waals surface area (Å²) < 4.78 is 5.24. The number of hydrogen-bond donors (Lipinski definition) is 1. The van der Waals surface area contributed by atoms with Crippen LogP contribution in [-0.2, 0) is 0 Å². The number of hydrogen-bond acceptors (Lipinski definition) is 3. The molecule has 0 bridgehead atoms. The Morgan fingerprint density at radius 1 is 1.29 bits per heavy atom.